The van der Waals surface area contributed by atoms with Gasteiger partial charge in [-0.2, -0.15) is 0 Å². The maximum Gasteiger partial charge on any atom is 0.181 e. The number of halogens is 1. The molecule has 0 saturated heterocycles. The molecule has 128 valence electrons. The van der Waals surface area contributed by atoms with E-state index in [0.29, 0.717) is 17.3 Å². The second-order valence-corrected chi connectivity index (χ2v) is 6.42. The molecule has 0 fully saturated rings. The van der Waals surface area contributed by atoms with E-state index in [9.17, 15) is 4.79 Å². The molecular formula is C20H20ClN3O. The number of Topliss-reactive ketones (excluding diaryl/α,β-unsaturated/α-hetero) is 1. The van der Waals surface area contributed by atoms with Crippen LogP contribution in [0.3, 0.4) is 0 Å². The maximum atomic E-state index is 12.1. The van der Waals surface area contributed by atoms with Crippen LogP contribution in [0, 0.1) is 6.92 Å². The molecule has 25 heavy (non-hydrogen) atoms. The Hall–Kier alpha value is -2.46. The van der Waals surface area contributed by atoms with Crippen LogP contribution in [0.5, 0.6) is 0 Å². The number of nitrogens with zero attached hydrogens (tertiary/aromatic N) is 2. The zero-order chi connectivity index (χ0) is 18.0. The summed E-state index contributed by atoms with van der Waals surface area (Å²) in [5.41, 5.74) is 6.43. The van der Waals surface area contributed by atoms with Gasteiger partial charge in [0.1, 0.15) is 10.8 Å². The van der Waals surface area contributed by atoms with E-state index in [1.807, 2.05) is 45.1 Å². The Kier molecular flexibility index (Phi) is 5.00. The summed E-state index contributed by atoms with van der Waals surface area (Å²) in [6.45, 7) is 5.96. The molecular weight excluding hydrogens is 334 g/mol. The SMILES string of the molecule is C/C=C1\NC(c2cnc(C(=O)CCC)cc2C)=Cc2cnc(Cl)cc21. The van der Waals surface area contributed by atoms with Crippen LogP contribution >= 0.6 is 11.6 Å². The lowest BCUT2D eigenvalue weighted by atomic mass is 9.97. The van der Waals surface area contributed by atoms with E-state index < -0.39 is 0 Å². The van der Waals surface area contributed by atoms with E-state index in [1.54, 1.807) is 12.4 Å². The molecule has 1 aliphatic heterocycles. The summed E-state index contributed by atoms with van der Waals surface area (Å²) in [7, 11) is 0. The lowest BCUT2D eigenvalue weighted by Gasteiger charge is -2.23. The van der Waals surface area contributed by atoms with Crippen molar-refractivity contribution in [1.82, 2.24) is 15.3 Å². The Labute approximate surface area is 152 Å². The standard InChI is InChI=1S/C20H20ClN3O/c1-4-6-19(25)18-7-12(3)15(11-22-18)17-8-13-10-23-20(21)9-14(13)16(5-2)24-17/h5,7-11,24H,4,6H2,1-3H3/b16-5-. The van der Waals surface area contributed by atoms with Crippen molar-refractivity contribution in [2.75, 3.05) is 0 Å². The molecule has 0 aromatic carbocycles. The third kappa shape index (κ3) is 3.49. The first-order chi connectivity index (χ1) is 12.0. The second-order valence-electron chi connectivity index (χ2n) is 6.04. The molecule has 2 aromatic rings. The van der Waals surface area contributed by atoms with E-state index in [1.165, 1.54) is 0 Å². The molecule has 0 spiro atoms. The highest BCUT2D eigenvalue weighted by Crippen LogP contribution is 2.31. The number of ketones is 1. The Balaban J connectivity index is 2.02. The number of carbonyl (C=O) groups excluding carboxylic acids is 1. The molecule has 0 saturated carbocycles. The summed E-state index contributed by atoms with van der Waals surface area (Å²) >= 11 is 6.02. The quantitative estimate of drug-likeness (QED) is 0.628. The second kappa shape index (κ2) is 7.19. The highest BCUT2D eigenvalue weighted by molar-refractivity contribution is 6.29. The fourth-order valence-electron chi connectivity index (χ4n) is 2.91. The molecule has 4 nitrogen and oxygen atoms in total. The molecule has 5 heteroatoms. The Morgan fingerprint density at radius 3 is 2.72 bits per heavy atom. The number of rotatable bonds is 4. The summed E-state index contributed by atoms with van der Waals surface area (Å²) in [6, 6.07) is 3.71. The number of aryl methyl sites for hydroxylation is 1. The molecule has 0 radical (unpaired) electrons. The van der Waals surface area contributed by atoms with Gasteiger partial charge >= 0.3 is 0 Å². The summed E-state index contributed by atoms with van der Waals surface area (Å²) in [6.07, 6.45) is 8.91. The number of hydrogen-bond donors (Lipinski definition) is 1. The van der Waals surface area contributed by atoms with Crippen molar-refractivity contribution in [3.8, 4) is 0 Å². The van der Waals surface area contributed by atoms with Crippen LogP contribution in [0.2, 0.25) is 5.15 Å². The zero-order valence-electron chi connectivity index (χ0n) is 14.6. The Bertz CT molecular complexity index is 900. The van der Waals surface area contributed by atoms with Crippen molar-refractivity contribution in [3.63, 3.8) is 0 Å². The molecule has 1 N–H and O–H groups in total. The van der Waals surface area contributed by atoms with E-state index in [0.717, 1.165) is 40.1 Å². The van der Waals surface area contributed by atoms with Crippen molar-refractivity contribution in [1.29, 1.82) is 0 Å². The minimum absolute atomic E-state index is 0.0843. The molecule has 3 heterocycles. The van der Waals surface area contributed by atoms with Crippen LogP contribution in [-0.4, -0.2) is 15.8 Å². The predicted octanol–water partition coefficient (Wildman–Crippen LogP) is 4.88. The van der Waals surface area contributed by atoms with Gasteiger partial charge in [0.15, 0.2) is 5.78 Å². The van der Waals surface area contributed by atoms with Gasteiger partial charge in [0.2, 0.25) is 0 Å². The summed E-state index contributed by atoms with van der Waals surface area (Å²) < 4.78 is 0. The molecule has 0 atom stereocenters. The number of fused-ring (bicyclic) bond motifs is 1. The first kappa shape index (κ1) is 17.4. The van der Waals surface area contributed by atoms with E-state index in [2.05, 4.69) is 15.3 Å². The molecule has 0 amide bonds. The number of hydrogen-bond acceptors (Lipinski definition) is 4. The van der Waals surface area contributed by atoms with Gasteiger partial charge in [0.25, 0.3) is 0 Å². The highest BCUT2D eigenvalue weighted by atomic mass is 35.5. The fourth-order valence-corrected chi connectivity index (χ4v) is 3.07. The van der Waals surface area contributed by atoms with Crippen LogP contribution in [0.15, 0.2) is 30.6 Å². The number of aromatic nitrogens is 2. The van der Waals surface area contributed by atoms with E-state index in [-0.39, 0.29) is 5.78 Å². The number of allylic oxidation sites excluding steroid dienone is 1. The van der Waals surface area contributed by atoms with Crippen molar-refractivity contribution < 1.29 is 4.79 Å². The molecule has 2 aromatic heterocycles. The molecule has 1 aliphatic rings. The zero-order valence-corrected chi connectivity index (χ0v) is 15.3. The van der Waals surface area contributed by atoms with Gasteiger partial charge in [0.05, 0.1) is 0 Å². The number of carbonyl (C=O) groups is 1. The normalized spacial score (nSPS) is 14.7. The third-order valence-electron chi connectivity index (χ3n) is 4.21. The van der Waals surface area contributed by atoms with Crippen molar-refractivity contribution in [2.24, 2.45) is 0 Å². The number of nitrogens with one attached hydrogen (secondary N) is 1. The summed E-state index contributed by atoms with van der Waals surface area (Å²) in [5.74, 6) is 0.0843. The van der Waals surface area contributed by atoms with E-state index in [4.69, 9.17) is 11.6 Å². The van der Waals surface area contributed by atoms with Gasteiger partial charge in [-0.3, -0.25) is 9.78 Å². The molecule has 3 rings (SSSR count). The van der Waals surface area contributed by atoms with Crippen LogP contribution in [0.25, 0.3) is 17.5 Å². The third-order valence-corrected chi connectivity index (χ3v) is 4.42. The minimum atomic E-state index is 0.0843. The van der Waals surface area contributed by atoms with Crippen LogP contribution in [0.4, 0.5) is 0 Å². The van der Waals surface area contributed by atoms with Crippen LogP contribution in [-0.2, 0) is 0 Å². The lowest BCUT2D eigenvalue weighted by molar-refractivity contribution is 0.0977. The first-order valence-electron chi connectivity index (χ1n) is 8.34. The summed E-state index contributed by atoms with van der Waals surface area (Å²) in [5, 5.41) is 3.89. The minimum Gasteiger partial charge on any atom is -0.355 e. The molecule has 0 aliphatic carbocycles. The summed E-state index contributed by atoms with van der Waals surface area (Å²) in [4.78, 5) is 20.6. The van der Waals surface area contributed by atoms with Crippen LogP contribution in [0.1, 0.15) is 59.4 Å². The van der Waals surface area contributed by atoms with Gasteiger partial charge in [-0.25, -0.2) is 4.98 Å². The van der Waals surface area contributed by atoms with Gasteiger partial charge < -0.3 is 5.32 Å². The monoisotopic (exact) mass is 353 g/mol. The largest absolute Gasteiger partial charge is 0.355 e. The predicted molar refractivity (Wildman–Crippen MR) is 102 cm³/mol. The number of pyridine rings is 2. The van der Waals surface area contributed by atoms with Crippen molar-refractivity contribution >= 4 is 34.9 Å². The maximum absolute atomic E-state index is 12.1. The van der Waals surface area contributed by atoms with Gasteiger partial charge in [-0.05, 0) is 44.0 Å². The smallest absolute Gasteiger partial charge is 0.181 e. The topological polar surface area (TPSA) is 54.9 Å². The molecule has 0 bridgehead atoms. The highest BCUT2D eigenvalue weighted by Gasteiger charge is 2.18. The van der Waals surface area contributed by atoms with Crippen LogP contribution < -0.4 is 5.32 Å². The van der Waals surface area contributed by atoms with Crippen molar-refractivity contribution in [3.05, 3.63) is 63.7 Å². The average molecular weight is 354 g/mol. The van der Waals surface area contributed by atoms with Crippen molar-refractivity contribution in [2.45, 2.75) is 33.6 Å². The first-order valence-corrected chi connectivity index (χ1v) is 8.72. The lowest BCUT2D eigenvalue weighted by Crippen LogP contribution is -2.17. The van der Waals surface area contributed by atoms with Gasteiger partial charge in [0, 0.05) is 46.9 Å². The fraction of sp³-hybridized carbons (Fsp3) is 0.250. The Morgan fingerprint density at radius 2 is 2.04 bits per heavy atom. The van der Waals surface area contributed by atoms with Gasteiger partial charge in [-0.1, -0.05) is 24.6 Å². The Morgan fingerprint density at radius 1 is 1.24 bits per heavy atom. The average Bonchev–Trinajstić information content (AvgIpc) is 2.61. The van der Waals surface area contributed by atoms with Gasteiger partial charge in [-0.15, -0.1) is 0 Å². The molecule has 0 unspecified atom stereocenters. The van der Waals surface area contributed by atoms with E-state index >= 15 is 0 Å².